The van der Waals surface area contributed by atoms with Crippen molar-refractivity contribution in [2.45, 2.75) is 31.7 Å². The molecule has 0 aromatic heterocycles. The normalized spacial score (nSPS) is 29.0. The minimum Gasteiger partial charge on any atom is -0.334 e. The summed E-state index contributed by atoms with van der Waals surface area (Å²) in [4.78, 5) is 13.6. The summed E-state index contributed by atoms with van der Waals surface area (Å²) in [6.45, 7) is 1.59. The van der Waals surface area contributed by atoms with E-state index in [0.717, 1.165) is 25.9 Å². The second-order valence-corrected chi connectivity index (χ2v) is 6.83. The lowest BCUT2D eigenvalue weighted by molar-refractivity contribution is 0.183. The highest BCUT2D eigenvalue weighted by Crippen LogP contribution is 2.13. The largest absolute Gasteiger partial charge is 0.334 e. The molecule has 2 amide bonds. The van der Waals surface area contributed by atoms with Crippen molar-refractivity contribution in [3.8, 4) is 0 Å². The lowest BCUT2D eigenvalue weighted by Crippen LogP contribution is -2.47. The second kappa shape index (κ2) is 4.61. The van der Waals surface area contributed by atoms with Crippen molar-refractivity contribution >= 4 is 15.9 Å². The molecule has 0 aromatic carbocycles. The first-order valence-electron chi connectivity index (χ1n) is 5.83. The van der Waals surface area contributed by atoms with E-state index < -0.39 is 9.84 Å². The quantitative estimate of drug-likeness (QED) is 0.727. The molecule has 0 unspecified atom stereocenters. The van der Waals surface area contributed by atoms with Gasteiger partial charge in [0, 0.05) is 19.1 Å². The Morgan fingerprint density at radius 3 is 2.44 bits per heavy atom. The number of piperidine rings is 1. The van der Waals surface area contributed by atoms with Crippen molar-refractivity contribution in [3.63, 3.8) is 0 Å². The lowest BCUT2D eigenvalue weighted by Gasteiger charge is -2.28. The molecule has 0 aliphatic carbocycles. The average molecular weight is 246 g/mol. The van der Waals surface area contributed by atoms with Crippen molar-refractivity contribution < 1.29 is 13.2 Å². The van der Waals surface area contributed by atoms with Gasteiger partial charge in [0.25, 0.3) is 0 Å². The molecule has 2 saturated heterocycles. The zero-order valence-electron chi connectivity index (χ0n) is 9.31. The Morgan fingerprint density at radius 1 is 1.19 bits per heavy atom. The topological polar surface area (TPSA) is 66.5 Å². The third kappa shape index (κ3) is 2.87. The Hall–Kier alpha value is -0.780. The zero-order valence-corrected chi connectivity index (χ0v) is 10.1. The molecule has 0 saturated carbocycles. The molecule has 6 heteroatoms. The molecule has 5 nitrogen and oxygen atoms in total. The molecule has 0 aromatic rings. The van der Waals surface area contributed by atoms with Gasteiger partial charge in [-0.2, -0.15) is 0 Å². The molecular formula is C10H18N2O3S. The number of nitrogens with zero attached hydrogens (tertiary/aromatic N) is 1. The molecule has 2 aliphatic rings. The van der Waals surface area contributed by atoms with Crippen molar-refractivity contribution in [2.75, 3.05) is 24.6 Å². The van der Waals surface area contributed by atoms with E-state index in [0.29, 0.717) is 6.42 Å². The fourth-order valence-corrected chi connectivity index (χ4v) is 3.95. The van der Waals surface area contributed by atoms with E-state index in [-0.39, 0.29) is 23.6 Å². The van der Waals surface area contributed by atoms with Gasteiger partial charge in [0.1, 0.15) is 0 Å². The molecule has 1 N–H and O–H groups in total. The summed E-state index contributed by atoms with van der Waals surface area (Å²) in [5.74, 6) is 0.310. The summed E-state index contributed by atoms with van der Waals surface area (Å²) in [6, 6.07) is -0.277. The van der Waals surface area contributed by atoms with Crippen LogP contribution in [0.5, 0.6) is 0 Å². The number of hydrogen-bond acceptors (Lipinski definition) is 3. The van der Waals surface area contributed by atoms with Crippen molar-refractivity contribution in [1.29, 1.82) is 0 Å². The van der Waals surface area contributed by atoms with Crippen LogP contribution in [-0.4, -0.2) is 50.0 Å². The predicted octanol–water partition coefficient (Wildman–Crippen LogP) is 0.369. The fraction of sp³-hybridized carbons (Fsp3) is 0.900. The average Bonchev–Trinajstić information content (AvgIpc) is 2.59. The van der Waals surface area contributed by atoms with Crippen LogP contribution < -0.4 is 5.32 Å². The number of sulfone groups is 1. The number of amides is 2. The maximum Gasteiger partial charge on any atom is 0.317 e. The third-order valence-corrected chi connectivity index (χ3v) is 4.97. The Kier molecular flexibility index (Phi) is 3.37. The summed E-state index contributed by atoms with van der Waals surface area (Å²) in [6.07, 6.45) is 3.84. The first-order chi connectivity index (χ1) is 7.57. The van der Waals surface area contributed by atoms with Crippen molar-refractivity contribution in [3.05, 3.63) is 0 Å². The number of likely N-dealkylation sites (tertiary alicyclic amines) is 1. The van der Waals surface area contributed by atoms with Crippen LogP contribution in [0.3, 0.4) is 0 Å². The van der Waals surface area contributed by atoms with Gasteiger partial charge in [-0.15, -0.1) is 0 Å². The Bertz CT molecular complexity index is 360. The van der Waals surface area contributed by atoms with Crippen molar-refractivity contribution in [2.24, 2.45) is 0 Å². The van der Waals surface area contributed by atoms with Gasteiger partial charge in [-0.1, -0.05) is 0 Å². The monoisotopic (exact) mass is 246 g/mol. The van der Waals surface area contributed by atoms with Gasteiger partial charge in [0.2, 0.25) is 0 Å². The fourth-order valence-electron chi connectivity index (χ4n) is 2.27. The number of carbonyl (C=O) groups is 1. The van der Waals surface area contributed by atoms with Crippen molar-refractivity contribution in [1.82, 2.24) is 10.2 Å². The van der Waals surface area contributed by atoms with Crippen LogP contribution in [0.25, 0.3) is 0 Å². The van der Waals surface area contributed by atoms with Gasteiger partial charge in [0.15, 0.2) is 9.84 Å². The molecule has 2 fully saturated rings. The highest BCUT2D eigenvalue weighted by Gasteiger charge is 2.30. The maximum atomic E-state index is 11.8. The van der Waals surface area contributed by atoms with Crippen LogP contribution in [0.4, 0.5) is 4.79 Å². The number of carbonyl (C=O) groups excluding carboxylic acids is 1. The first kappa shape index (κ1) is 11.7. The second-order valence-electron chi connectivity index (χ2n) is 4.60. The van der Waals surface area contributed by atoms with Gasteiger partial charge in [0.05, 0.1) is 11.5 Å². The van der Waals surface area contributed by atoms with Gasteiger partial charge >= 0.3 is 6.03 Å². The number of rotatable bonds is 1. The Morgan fingerprint density at radius 2 is 1.88 bits per heavy atom. The lowest BCUT2D eigenvalue weighted by atomic mass is 10.1. The molecule has 2 aliphatic heterocycles. The number of hydrogen-bond donors (Lipinski definition) is 1. The summed E-state index contributed by atoms with van der Waals surface area (Å²) < 4.78 is 22.5. The maximum absolute atomic E-state index is 11.8. The van der Waals surface area contributed by atoms with Gasteiger partial charge < -0.3 is 10.2 Å². The highest BCUT2D eigenvalue weighted by molar-refractivity contribution is 7.91. The third-order valence-electron chi connectivity index (χ3n) is 3.20. The molecule has 1 atom stereocenters. The van der Waals surface area contributed by atoms with E-state index in [1.165, 1.54) is 6.42 Å². The summed E-state index contributed by atoms with van der Waals surface area (Å²) >= 11 is 0. The number of urea groups is 1. The molecule has 0 bridgehead atoms. The van der Waals surface area contributed by atoms with E-state index >= 15 is 0 Å². The molecular weight excluding hydrogens is 228 g/mol. The molecule has 2 heterocycles. The summed E-state index contributed by atoms with van der Waals surface area (Å²) in [7, 11) is -2.91. The standard InChI is InChI=1S/C10H18N2O3S/c13-10(12-5-2-1-3-6-12)11-9-4-7-16(14,15)8-9/h9H,1-8H2,(H,11,13)/t9-/m0/s1. The van der Waals surface area contributed by atoms with Gasteiger partial charge in [-0.05, 0) is 25.7 Å². The van der Waals surface area contributed by atoms with Crippen LogP contribution in [0.1, 0.15) is 25.7 Å². The smallest absolute Gasteiger partial charge is 0.317 e. The first-order valence-corrected chi connectivity index (χ1v) is 7.65. The highest BCUT2D eigenvalue weighted by atomic mass is 32.2. The van der Waals surface area contributed by atoms with Gasteiger partial charge in [-0.3, -0.25) is 0 Å². The van der Waals surface area contributed by atoms with Crippen LogP contribution in [-0.2, 0) is 9.84 Å². The van der Waals surface area contributed by atoms with Crippen LogP contribution in [0, 0.1) is 0 Å². The molecule has 2 rings (SSSR count). The molecule has 0 radical (unpaired) electrons. The minimum absolute atomic E-state index is 0.0956. The molecule has 92 valence electrons. The predicted molar refractivity (Wildman–Crippen MR) is 61.0 cm³/mol. The van der Waals surface area contributed by atoms with E-state index in [2.05, 4.69) is 5.32 Å². The summed E-state index contributed by atoms with van der Waals surface area (Å²) in [5, 5.41) is 2.81. The van der Waals surface area contributed by atoms with E-state index in [1.807, 2.05) is 0 Å². The van der Waals surface area contributed by atoms with Gasteiger partial charge in [-0.25, -0.2) is 13.2 Å². The minimum atomic E-state index is -2.91. The van der Waals surface area contributed by atoms with Crippen LogP contribution in [0.15, 0.2) is 0 Å². The van der Waals surface area contributed by atoms with E-state index in [1.54, 1.807) is 4.90 Å². The molecule has 16 heavy (non-hydrogen) atoms. The Balaban J connectivity index is 1.83. The SMILES string of the molecule is O=C(N[C@H]1CCS(=O)(=O)C1)N1CCCCC1. The van der Waals surface area contributed by atoms with E-state index in [4.69, 9.17) is 0 Å². The summed E-state index contributed by atoms with van der Waals surface area (Å²) in [5.41, 5.74) is 0. The number of nitrogens with one attached hydrogen (secondary N) is 1. The molecule has 0 spiro atoms. The Labute approximate surface area is 96.1 Å². The zero-order chi connectivity index (χ0) is 11.6. The van der Waals surface area contributed by atoms with Crippen LogP contribution >= 0.6 is 0 Å². The van der Waals surface area contributed by atoms with E-state index in [9.17, 15) is 13.2 Å². The van der Waals surface area contributed by atoms with Crippen LogP contribution in [0.2, 0.25) is 0 Å².